The van der Waals surface area contributed by atoms with Crippen molar-refractivity contribution < 1.29 is 14.3 Å². The quantitative estimate of drug-likeness (QED) is 0.421. The van der Waals surface area contributed by atoms with Crippen LogP contribution < -0.4 is 11.1 Å². The molecule has 3 N–H and O–H groups in total. The molecule has 6 heteroatoms. The third kappa shape index (κ3) is 5.07. The Morgan fingerprint density at radius 3 is 2.75 bits per heavy atom. The maximum absolute atomic E-state index is 11.6. The number of nitrogen functional groups attached to an aromatic ring is 1. The summed E-state index contributed by atoms with van der Waals surface area (Å²) in [5, 5.41) is 3.12. The third-order valence-corrected chi connectivity index (χ3v) is 2.73. The van der Waals surface area contributed by atoms with Gasteiger partial charge in [0.15, 0.2) is 0 Å². The van der Waals surface area contributed by atoms with Crippen molar-refractivity contribution in [2.45, 2.75) is 0 Å². The molecule has 0 fully saturated rings. The highest BCUT2D eigenvalue weighted by molar-refractivity contribution is 5.98. The van der Waals surface area contributed by atoms with Crippen molar-refractivity contribution in [1.82, 2.24) is 4.90 Å². The van der Waals surface area contributed by atoms with Crippen LogP contribution in [0.15, 0.2) is 18.2 Å². The summed E-state index contributed by atoms with van der Waals surface area (Å²) in [7, 11) is 5.34. The SMILES string of the molecule is COC(=O)c1cccc(N)c1NCCOCCN(C)C. The minimum Gasteiger partial charge on any atom is -0.465 e. The highest BCUT2D eigenvalue weighted by atomic mass is 16.5. The molecule has 1 aromatic rings. The predicted molar refractivity (Wildman–Crippen MR) is 80.1 cm³/mol. The Morgan fingerprint density at radius 2 is 2.10 bits per heavy atom. The highest BCUT2D eigenvalue weighted by Gasteiger charge is 2.13. The van der Waals surface area contributed by atoms with Crippen LogP contribution in [-0.2, 0) is 9.47 Å². The molecule has 0 saturated heterocycles. The van der Waals surface area contributed by atoms with E-state index in [-0.39, 0.29) is 0 Å². The molecule has 1 aromatic carbocycles. The normalized spacial score (nSPS) is 10.6. The molecule has 0 aliphatic heterocycles. The van der Waals surface area contributed by atoms with Crippen LogP contribution >= 0.6 is 0 Å². The fourth-order valence-corrected chi connectivity index (χ4v) is 1.64. The maximum Gasteiger partial charge on any atom is 0.340 e. The molecule has 0 atom stereocenters. The van der Waals surface area contributed by atoms with E-state index in [1.165, 1.54) is 7.11 Å². The van der Waals surface area contributed by atoms with E-state index in [1.807, 2.05) is 14.1 Å². The van der Waals surface area contributed by atoms with Crippen molar-refractivity contribution in [3.8, 4) is 0 Å². The molecule has 1 rings (SSSR count). The van der Waals surface area contributed by atoms with E-state index in [0.29, 0.717) is 36.7 Å². The number of carbonyl (C=O) groups is 1. The van der Waals surface area contributed by atoms with Gasteiger partial charge >= 0.3 is 5.97 Å². The molecule has 0 aliphatic carbocycles. The first-order chi connectivity index (χ1) is 9.56. The van der Waals surface area contributed by atoms with Gasteiger partial charge in [-0.2, -0.15) is 0 Å². The molecule has 0 bridgehead atoms. The van der Waals surface area contributed by atoms with Gasteiger partial charge < -0.3 is 25.4 Å². The van der Waals surface area contributed by atoms with Gasteiger partial charge in [0.25, 0.3) is 0 Å². The average Bonchev–Trinajstić information content (AvgIpc) is 2.42. The van der Waals surface area contributed by atoms with Gasteiger partial charge in [-0.3, -0.25) is 0 Å². The number of nitrogens with one attached hydrogen (secondary N) is 1. The van der Waals surface area contributed by atoms with E-state index in [0.717, 1.165) is 6.54 Å². The smallest absolute Gasteiger partial charge is 0.340 e. The Kier molecular flexibility index (Phi) is 6.83. The maximum atomic E-state index is 11.6. The number of carbonyl (C=O) groups excluding carboxylic acids is 1. The number of rotatable bonds is 8. The van der Waals surface area contributed by atoms with Crippen molar-refractivity contribution in [2.24, 2.45) is 0 Å². The number of esters is 1. The van der Waals surface area contributed by atoms with E-state index >= 15 is 0 Å². The van der Waals surface area contributed by atoms with Gasteiger partial charge in [-0.15, -0.1) is 0 Å². The number of anilines is 2. The van der Waals surface area contributed by atoms with Gasteiger partial charge in [-0.1, -0.05) is 6.07 Å². The first-order valence-electron chi connectivity index (χ1n) is 6.49. The number of nitrogens with two attached hydrogens (primary N) is 1. The molecule has 0 aliphatic rings. The lowest BCUT2D eigenvalue weighted by Crippen LogP contribution is -2.20. The van der Waals surface area contributed by atoms with Crippen molar-refractivity contribution in [2.75, 3.05) is 58.6 Å². The summed E-state index contributed by atoms with van der Waals surface area (Å²) in [5.41, 5.74) is 7.42. The lowest BCUT2D eigenvalue weighted by molar-refractivity contribution is 0.0601. The van der Waals surface area contributed by atoms with Crippen LogP contribution in [0.4, 0.5) is 11.4 Å². The highest BCUT2D eigenvalue weighted by Crippen LogP contribution is 2.23. The molecule has 0 radical (unpaired) electrons. The summed E-state index contributed by atoms with van der Waals surface area (Å²) in [4.78, 5) is 13.7. The molecular formula is C14H23N3O3. The van der Waals surface area contributed by atoms with E-state index < -0.39 is 5.97 Å². The number of benzene rings is 1. The largest absolute Gasteiger partial charge is 0.465 e. The van der Waals surface area contributed by atoms with Crippen LogP contribution in [0.25, 0.3) is 0 Å². The number of ether oxygens (including phenoxy) is 2. The lowest BCUT2D eigenvalue weighted by Gasteiger charge is -2.14. The fourth-order valence-electron chi connectivity index (χ4n) is 1.64. The number of nitrogens with zero attached hydrogens (tertiary/aromatic N) is 1. The standard InChI is InChI=1S/C14H23N3O3/c1-17(2)8-10-20-9-7-16-13-11(14(18)19-3)5-4-6-12(13)15/h4-6,16H,7-10,15H2,1-3H3. The molecule has 112 valence electrons. The number of hydrogen-bond donors (Lipinski definition) is 2. The fraction of sp³-hybridized carbons (Fsp3) is 0.500. The number of likely N-dealkylation sites (N-methyl/N-ethyl adjacent to an activating group) is 1. The zero-order chi connectivity index (χ0) is 15.0. The van der Waals surface area contributed by atoms with E-state index in [2.05, 4.69) is 10.2 Å². The van der Waals surface area contributed by atoms with Gasteiger partial charge in [0.2, 0.25) is 0 Å². The van der Waals surface area contributed by atoms with Crippen LogP contribution in [0.1, 0.15) is 10.4 Å². The van der Waals surface area contributed by atoms with Crippen LogP contribution in [0.3, 0.4) is 0 Å². The van der Waals surface area contributed by atoms with Gasteiger partial charge in [0.1, 0.15) is 0 Å². The van der Waals surface area contributed by atoms with Gasteiger partial charge in [-0.25, -0.2) is 4.79 Å². The molecule has 0 saturated carbocycles. The van der Waals surface area contributed by atoms with Crippen LogP contribution in [-0.4, -0.2) is 58.4 Å². The Labute approximate surface area is 119 Å². The zero-order valence-electron chi connectivity index (χ0n) is 12.3. The monoisotopic (exact) mass is 281 g/mol. The molecular weight excluding hydrogens is 258 g/mol. The summed E-state index contributed by atoms with van der Waals surface area (Å²) >= 11 is 0. The molecule has 0 aromatic heterocycles. The summed E-state index contributed by atoms with van der Waals surface area (Å²) < 4.78 is 10.2. The summed E-state index contributed by atoms with van der Waals surface area (Å²) in [6, 6.07) is 5.14. The summed E-state index contributed by atoms with van der Waals surface area (Å²) in [6.07, 6.45) is 0. The van der Waals surface area contributed by atoms with Gasteiger partial charge in [0, 0.05) is 13.1 Å². The Balaban J connectivity index is 2.49. The van der Waals surface area contributed by atoms with Crippen molar-refractivity contribution in [1.29, 1.82) is 0 Å². The molecule has 20 heavy (non-hydrogen) atoms. The topological polar surface area (TPSA) is 76.8 Å². The molecule has 0 amide bonds. The second-order valence-electron chi connectivity index (χ2n) is 4.60. The molecule has 6 nitrogen and oxygen atoms in total. The third-order valence-electron chi connectivity index (χ3n) is 2.73. The minimum atomic E-state index is -0.409. The first kappa shape index (κ1) is 16.3. The Morgan fingerprint density at radius 1 is 1.35 bits per heavy atom. The van der Waals surface area contributed by atoms with Crippen LogP contribution in [0, 0.1) is 0 Å². The van der Waals surface area contributed by atoms with E-state index in [1.54, 1.807) is 18.2 Å². The van der Waals surface area contributed by atoms with Crippen LogP contribution in [0.5, 0.6) is 0 Å². The first-order valence-corrected chi connectivity index (χ1v) is 6.49. The number of hydrogen-bond acceptors (Lipinski definition) is 6. The minimum absolute atomic E-state index is 0.409. The molecule has 0 spiro atoms. The van der Waals surface area contributed by atoms with E-state index in [4.69, 9.17) is 15.2 Å². The second kappa shape index (κ2) is 8.39. The second-order valence-corrected chi connectivity index (χ2v) is 4.60. The number of methoxy groups -OCH3 is 1. The van der Waals surface area contributed by atoms with Gasteiger partial charge in [-0.05, 0) is 26.2 Å². The average molecular weight is 281 g/mol. The number of para-hydroxylation sites is 1. The zero-order valence-corrected chi connectivity index (χ0v) is 12.3. The molecule has 0 heterocycles. The lowest BCUT2D eigenvalue weighted by atomic mass is 10.1. The van der Waals surface area contributed by atoms with E-state index in [9.17, 15) is 4.79 Å². The predicted octanol–water partition coefficient (Wildman–Crippen LogP) is 1.05. The van der Waals surface area contributed by atoms with Crippen LogP contribution in [0.2, 0.25) is 0 Å². The van der Waals surface area contributed by atoms with Gasteiger partial charge in [0.05, 0.1) is 37.3 Å². The summed E-state index contributed by atoms with van der Waals surface area (Å²) in [6.45, 7) is 2.66. The summed E-state index contributed by atoms with van der Waals surface area (Å²) in [5.74, 6) is -0.409. The van der Waals surface area contributed by atoms with Crippen molar-refractivity contribution >= 4 is 17.3 Å². The molecule has 0 unspecified atom stereocenters. The Hall–Kier alpha value is -1.79. The van der Waals surface area contributed by atoms with Crippen molar-refractivity contribution in [3.05, 3.63) is 23.8 Å². The Bertz CT molecular complexity index is 436. The van der Waals surface area contributed by atoms with Crippen molar-refractivity contribution in [3.63, 3.8) is 0 Å².